The Morgan fingerprint density at radius 2 is 1.69 bits per heavy atom. The van der Waals surface area contributed by atoms with Crippen molar-refractivity contribution in [2.45, 2.75) is 19.3 Å². The lowest BCUT2D eigenvalue weighted by atomic mass is 9.74. The lowest BCUT2D eigenvalue weighted by Gasteiger charge is -2.29. The molecule has 4 rings (SSSR count). The molecular weight excluding hydrogens is 381 g/mol. The van der Waals surface area contributed by atoms with Crippen LogP contribution in [0.1, 0.15) is 49.4 Å². The van der Waals surface area contributed by atoms with Gasteiger partial charge in [-0.1, -0.05) is 12.1 Å². The number of halogens is 1. The van der Waals surface area contributed by atoms with Crippen LogP contribution in [0.2, 0.25) is 0 Å². The number of nitrogen functional groups attached to an aromatic ring is 1. The number of carbonyl (C=O) groups excluding carboxylic acids is 3. The number of rotatable bonds is 2. The summed E-state index contributed by atoms with van der Waals surface area (Å²) in [6.45, 7) is -0.609. The van der Waals surface area contributed by atoms with E-state index in [0.717, 1.165) is 0 Å². The van der Waals surface area contributed by atoms with Crippen LogP contribution >= 0.6 is 0 Å². The molecule has 5 N–H and O–H groups in total. The second-order valence-electron chi connectivity index (χ2n) is 6.90. The third-order valence-corrected chi connectivity index (χ3v) is 5.49. The molecule has 8 heteroatoms. The van der Waals surface area contributed by atoms with Crippen molar-refractivity contribution in [3.05, 3.63) is 51.6 Å². The Morgan fingerprint density at radius 3 is 2.34 bits per heavy atom. The summed E-state index contributed by atoms with van der Waals surface area (Å²) in [6.07, 6.45) is 0.711. The van der Waals surface area contributed by atoms with Crippen molar-refractivity contribution < 1.29 is 34.1 Å². The van der Waals surface area contributed by atoms with Crippen LogP contribution in [-0.4, -0.2) is 46.5 Å². The molecule has 0 unspecified atom stereocenters. The molecule has 0 saturated heterocycles. The van der Waals surface area contributed by atoms with Gasteiger partial charge in [0.15, 0.2) is 17.3 Å². The summed E-state index contributed by atoms with van der Waals surface area (Å²) in [5, 5.41) is 30.6. The highest BCUT2D eigenvalue weighted by atomic mass is 19.1. The number of aromatic hydroxyl groups is 2. The summed E-state index contributed by atoms with van der Waals surface area (Å²) >= 11 is 0. The highest BCUT2D eigenvalue weighted by Crippen LogP contribution is 2.46. The maximum Gasteiger partial charge on any atom is 0.200 e. The van der Waals surface area contributed by atoms with E-state index in [4.69, 9.17) is 10.8 Å². The number of nitrogens with two attached hydrogens (primary N) is 1. The maximum atomic E-state index is 13.0. The molecule has 2 aliphatic carbocycles. The van der Waals surface area contributed by atoms with Crippen molar-refractivity contribution >= 4 is 23.0 Å². The van der Waals surface area contributed by atoms with Gasteiger partial charge in [0.1, 0.15) is 18.1 Å². The van der Waals surface area contributed by atoms with Gasteiger partial charge in [-0.05, 0) is 25.3 Å². The highest BCUT2D eigenvalue weighted by molar-refractivity contribution is 6.32. The van der Waals surface area contributed by atoms with Crippen molar-refractivity contribution in [2.24, 2.45) is 5.92 Å². The predicted octanol–water partition coefficient (Wildman–Crippen LogP) is 1.71. The fourth-order valence-corrected chi connectivity index (χ4v) is 4.10. The number of aliphatic hydroxyl groups is 1. The van der Waals surface area contributed by atoms with Crippen LogP contribution < -0.4 is 5.73 Å². The molecule has 7 nitrogen and oxygen atoms in total. The van der Waals surface area contributed by atoms with Crippen molar-refractivity contribution in [1.29, 1.82) is 0 Å². The SMILES string of the molecule is CF.Nc1cccc2c1C(=O)c1c(O)c3c(c(O)c1C2=O)C[C@@H](C(=O)CO)CC3. The number of benzene rings is 2. The van der Waals surface area contributed by atoms with Gasteiger partial charge in [-0.2, -0.15) is 0 Å². The number of phenolic OH excluding ortho intramolecular Hbond substituents is 2. The lowest BCUT2D eigenvalue weighted by molar-refractivity contribution is -0.125. The summed E-state index contributed by atoms with van der Waals surface area (Å²) in [4.78, 5) is 37.8. The molecule has 0 aromatic heterocycles. The molecule has 0 radical (unpaired) electrons. The van der Waals surface area contributed by atoms with Gasteiger partial charge < -0.3 is 21.1 Å². The Morgan fingerprint density at radius 1 is 1.07 bits per heavy atom. The Balaban J connectivity index is 0.00000117. The lowest BCUT2D eigenvalue weighted by Crippen LogP contribution is -2.28. The first-order valence-corrected chi connectivity index (χ1v) is 8.95. The summed E-state index contributed by atoms with van der Waals surface area (Å²) in [7, 11) is 0.500. The zero-order chi connectivity index (χ0) is 21.5. The Labute approximate surface area is 165 Å². The van der Waals surface area contributed by atoms with E-state index in [9.17, 15) is 29.0 Å². The molecular formula is C21H20FNO6. The minimum atomic E-state index is -0.609. The van der Waals surface area contributed by atoms with Crippen LogP contribution in [0.5, 0.6) is 11.5 Å². The van der Waals surface area contributed by atoms with E-state index in [1.54, 1.807) is 0 Å². The topological polar surface area (TPSA) is 138 Å². The molecule has 2 aliphatic rings. The van der Waals surface area contributed by atoms with Gasteiger partial charge in [-0.3, -0.25) is 18.8 Å². The third kappa shape index (κ3) is 2.96. The smallest absolute Gasteiger partial charge is 0.200 e. The summed E-state index contributed by atoms with van der Waals surface area (Å²) in [5.41, 5.74) is 6.21. The third-order valence-electron chi connectivity index (χ3n) is 5.49. The van der Waals surface area contributed by atoms with Crippen LogP contribution in [0.25, 0.3) is 0 Å². The molecule has 0 heterocycles. The van der Waals surface area contributed by atoms with E-state index in [-0.39, 0.29) is 63.6 Å². The van der Waals surface area contributed by atoms with Gasteiger partial charge in [0.05, 0.1) is 23.9 Å². The van der Waals surface area contributed by atoms with Gasteiger partial charge in [-0.15, -0.1) is 0 Å². The zero-order valence-corrected chi connectivity index (χ0v) is 15.7. The van der Waals surface area contributed by atoms with Crippen LogP contribution in [-0.2, 0) is 17.6 Å². The van der Waals surface area contributed by atoms with E-state index < -0.39 is 24.1 Å². The first-order valence-electron chi connectivity index (χ1n) is 8.95. The Kier molecular flexibility index (Phi) is 5.39. The monoisotopic (exact) mass is 401 g/mol. The van der Waals surface area contributed by atoms with Crippen LogP contribution in [0.15, 0.2) is 18.2 Å². The number of hydrogen-bond donors (Lipinski definition) is 4. The minimum absolute atomic E-state index is 0.0220. The number of alkyl halides is 1. The number of carbonyl (C=O) groups is 3. The number of phenols is 2. The van der Waals surface area contributed by atoms with E-state index in [1.807, 2.05) is 0 Å². The first kappa shape index (κ1) is 20.5. The minimum Gasteiger partial charge on any atom is -0.507 e. The van der Waals surface area contributed by atoms with Crippen molar-refractivity contribution in [1.82, 2.24) is 0 Å². The average molecular weight is 401 g/mol. The largest absolute Gasteiger partial charge is 0.507 e. The maximum absolute atomic E-state index is 13.0. The molecule has 0 aliphatic heterocycles. The summed E-state index contributed by atoms with van der Waals surface area (Å²) in [6, 6.07) is 4.48. The van der Waals surface area contributed by atoms with Gasteiger partial charge >= 0.3 is 0 Å². The van der Waals surface area contributed by atoms with Crippen LogP contribution in [0, 0.1) is 5.92 Å². The Hall–Kier alpha value is -3.26. The summed E-state index contributed by atoms with van der Waals surface area (Å²) in [5.74, 6) is -2.82. The molecule has 2 aromatic rings. The molecule has 29 heavy (non-hydrogen) atoms. The molecule has 1 atom stereocenters. The van der Waals surface area contributed by atoms with E-state index in [0.29, 0.717) is 19.2 Å². The number of ketones is 3. The van der Waals surface area contributed by atoms with Crippen molar-refractivity contribution in [3.8, 4) is 11.5 Å². The molecule has 0 saturated carbocycles. The number of anilines is 1. The van der Waals surface area contributed by atoms with E-state index in [1.165, 1.54) is 18.2 Å². The zero-order valence-electron chi connectivity index (χ0n) is 15.7. The number of fused-ring (bicyclic) bond motifs is 3. The molecule has 0 amide bonds. The predicted molar refractivity (Wildman–Crippen MR) is 102 cm³/mol. The van der Waals surface area contributed by atoms with Crippen molar-refractivity contribution in [3.63, 3.8) is 0 Å². The number of Topliss-reactive ketones (excluding diaryl/α,β-unsaturated/α-hetero) is 1. The average Bonchev–Trinajstić information content (AvgIpc) is 2.74. The van der Waals surface area contributed by atoms with E-state index >= 15 is 0 Å². The fourth-order valence-electron chi connectivity index (χ4n) is 4.10. The Bertz CT molecular complexity index is 1050. The standard InChI is InChI=1S/C20H17NO6.CH3F/c21-12-3-1-2-10-14(12)20(27)16-15(18(10)25)19(26)11-6-8(13(23)7-22)4-5-9(11)17(16)24;1-2/h1-3,8,22,24,26H,4-7,21H2;1H3/t8-;/m0./s1. The highest BCUT2D eigenvalue weighted by Gasteiger charge is 2.40. The quantitative estimate of drug-likeness (QED) is 0.379. The second kappa shape index (κ2) is 7.63. The fraction of sp³-hybridized carbons (Fsp3) is 0.286. The van der Waals surface area contributed by atoms with Crippen LogP contribution in [0.4, 0.5) is 10.1 Å². The molecule has 0 bridgehead atoms. The van der Waals surface area contributed by atoms with Gasteiger partial charge in [0.25, 0.3) is 0 Å². The normalized spacial score (nSPS) is 16.9. The first-order chi connectivity index (χ1) is 13.9. The van der Waals surface area contributed by atoms with Gasteiger partial charge in [-0.25, -0.2) is 0 Å². The molecule has 0 fully saturated rings. The second-order valence-corrected chi connectivity index (χ2v) is 6.90. The molecule has 0 spiro atoms. The van der Waals surface area contributed by atoms with Crippen molar-refractivity contribution in [2.75, 3.05) is 19.5 Å². The molecule has 2 aromatic carbocycles. The van der Waals surface area contributed by atoms with E-state index in [2.05, 4.69) is 0 Å². The van der Waals surface area contributed by atoms with Crippen LogP contribution in [0.3, 0.4) is 0 Å². The number of aliphatic hydroxyl groups excluding tert-OH is 1. The molecule has 152 valence electrons. The number of hydrogen-bond acceptors (Lipinski definition) is 7. The summed E-state index contributed by atoms with van der Waals surface area (Å²) < 4.78 is 9.50. The van der Waals surface area contributed by atoms with Gasteiger partial charge in [0.2, 0.25) is 0 Å². The van der Waals surface area contributed by atoms with Gasteiger partial charge in [0, 0.05) is 28.3 Å².